The van der Waals surface area contributed by atoms with E-state index in [-0.39, 0.29) is 70.6 Å². The van der Waals surface area contributed by atoms with Gasteiger partial charge in [0.05, 0.1) is 111 Å². The van der Waals surface area contributed by atoms with Gasteiger partial charge in [-0.3, -0.25) is 17.2 Å². The van der Waals surface area contributed by atoms with Crippen LogP contribution in [0.4, 0.5) is 40.3 Å². The van der Waals surface area contributed by atoms with Gasteiger partial charge in [0.2, 0.25) is 40.1 Å². The Kier molecular flexibility index (Phi) is 33.1. The van der Waals surface area contributed by atoms with E-state index in [4.69, 9.17) is 63.2 Å². The molecule has 11 aromatic rings. The number of nitrogens with zero attached hydrogens (tertiary/aromatic N) is 4. The Morgan fingerprint density at radius 3 is 0.810 bits per heavy atom. The van der Waals surface area contributed by atoms with Crippen LogP contribution < -0.4 is 17.2 Å². The van der Waals surface area contributed by atoms with Gasteiger partial charge in [-0.25, -0.2) is 70.4 Å². The van der Waals surface area contributed by atoms with E-state index in [0.29, 0.717) is 165 Å². The fraction of sp³-hybridized carbons (Fsp3) is 0.364. The lowest BCUT2D eigenvalue weighted by Crippen LogP contribution is -2.35. The van der Waals surface area contributed by atoms with Crippen LogP contribution in [0.5, 0.6) is 5.75 Å². The van der Waals surface area contributed by atoms with Crippen LogP contribution in [0.3, 0.4) is 0 Å². The number of carbonyl (C=O) groups excluding carboxylic acids is 2. The molecule has 25 nitrogen and oxygen atoms in total. The normalized spacial score (nSPS) is 14.2. The molecule has 147 heavy (non-hydrogen) atoms. The van der Waals surface area contributed by atoms with Gasteiger partial charge in [0.15, 0.2) is 24.4 Å². The number of aryl methyl sites for hydroxylation is 2. The minimum Gasteiger partial charge on any atom is -0.507 e. The van der Waals surface area contributed by atoms with Crippen molar-refractivity contribution in [1.29, 1.82) is 0 Å². The summed E-state index contributed by atoms with van der Waals surface area (Å²) in [4.78, 5) is 51.4. The Morgan fingerprint density at radius 1 is 0.333 bits per heavy atom. The zero-order chi connectivity index (χ0) is 110. The van der Waals surface area contributed by atoms with Crippen molar-refractivity contribution in [3.8, 4) is 83.6 Å². The average Bonchev–Trinajstić information content (AvgIpc) is 0.730. The molecule has 0 amide bonds. The highest BCUT2D eigenvalue weighted by molar-refractivity contribution is 9.10. The number of phenols is 1. The van der Waals surface area contributed by atoms with Gasteiger partial charge in [-0.05, 0) is 325 Å². The lowest BCUT2D eigenvalue weighted by molar-refractivity contribution is -0.164. The number of rotatable bonds is 19. The third-order valence-corrected chi connectivity index (χ3v) is 31.8. The quantitative estimate of drug-likeness (QED) is 0.0500. The van der Waals surface area contributed by atoms with E-state index in [2.05, 4.69) is 15.9 Å². The maximum absolute atomic E-state index is 15.5. The van der Waals surface area contributed by atoms with Crippen molar-refractivity contribution in [1.82, 2.24) is 0 Å². The lowest BCUT2D eigenvalue weighted by Gasteiger charge is -2.37. The van der Waals surface area contributed by atoms with Crippen LogP contribution in [0.1, 0.15) is 208 Å². The number of aliphatic carboxylic acids is 2. The van der Waals surface area contributed by atoms with Crippen molar-refractivity contribution in [2.75, 3.05) is 56.5 Å². The number of anilines is 4. The smallest absolute Gasteiger partial charge is 0.339 e. The maximum atomic E-state index is 15.5. The number of sulfonamides is 4. The first-order chi connectivity index (χ1) is 67.8. The Morgan fingerprint density at radius 2 is 0.565 bits per heavy atom. The number of fused-ring (bicyclic) bond motifs is 12. The summed E-state index contributed by atoms with van der Waals surface area (Å²) in [5, 5.41) is 32.9. The van der Waals surface area contributed by atoms with Crippen LogP contribution in [0.25, 0.3) is 77.9 Å². The third kappa shape index (κ3) is 23.3. The summed E-state index contributed by atoms with van der Waals surface area (Å²) in [6.45, 7) is 38.5. The number of carbonyl (C=O) groups is 4. The summed E-state index contributed by atoms with van der Waals surface area (Å²) in [5.41, 5.74) is 13.0. The molecule has 37 heteroatoms. The highest BCUT2D eigenvalue weighted by Gasteiger charge is 2.47. The zero-order valence-electron chi connectivity index (χ0n) is 86.9. The lowest BCUT2D eigenvalue weighted by atomic mass is 9.79. The SMILES string of the molecule is COC(=O)[C@@H](OC(C)(C)C)c1c(C)c2c(c(C)c1-c1ccc(Cl)cc1C)-c1c(F)cccc1CN2S(C)(=O)=O.COC(=O)[C@@H](OC(C)(C)C)c1c(C)c2c(c(C)c1Br)-c1c(F)cccc1CN2S(C)(=O)=O.Cc1c(-c2ccc(Cl)cc2O)c([C@H](OC(C)(C)C)C(=O)O)c(C)c2c1-c1c(F)cccc1CN2S(C)(=O)=O.Cc1cc(Cl)ccc1-c1c(C)c2c(c(C)c1[C@H](OC(C)(C)C)C(=O)O)N(S(C)(=O)=O)Cc1cccc(F)c1-2. The Bertz CT molecular complexity index is 7520. The van der Waals surface area contributed by atoms with Crippen LogP contribution in [0.15, 0.2) is 132 Å². The summed E-state index contributed by atoms with van der Waals surface area (Å²) in [5.74, 6) is -5.89. The Labute approximate surface area is 880 Å². The van der Waals surface area contributed by atoms with Gasteiger partial charge in [0.25, 0.3) is 0 Å². The van der Waals surface area contributed by atoms with Gasteiger partial charge in [0, 0.05) is 91.9 Å². The van der Waals surface area contributed by atoms with Crippen molar-refractivity contribution in [3.05, 3.63) is 270 Å². The first kappa shape index (κ1) is 115. The molecule has 0 saturated heterocycles. The van der Waals surface area contributed by atoms with Crippen molar-refractivity contribution in [3.63, 3.8) is 0 Å². The molecule has 3 N–H and O–H groups in total. The van der Waals surface area contributed by atoms with Crippen LogP contribution in [-0.2, 0) is 114 Å². The summed E-state index contributed by atoms with van der Waals surface area (Å²) < 4.78 is 206. The van der Waals surface area contributed by atoms with Crippen molar-refractivity contribution in [2.45, 2.75) is 225 Å². The molecular weight excluding hydrogens is 2100 g/mol. The number of halogens is 8. The molecule has 786 valence electrons. The highest BCUT2D eigenvalue weighted by Crippen LogP contribution is 2.59. The number of aromatic hydroxyl groups is 1. The van der Waals surface area contributed by atoms with Crippen LogP contribution in [0.2, 0.25) is 15.1 Å². The monoisotopic (exact) mass is 2220 g/mol. The molecule has 15 rings (SSSR count). The highest BCUT2D eigenvalue weighted by atomic mass is 79.9. The second kappa shape index (κ2) is 42.4. The van der Waals surface area contributed by atoms with Crippen molar-refractivity contribution >= 4 is 137 Å². The molecule has 4 atom stereocenters. The van der Waals surface area contributed by atoms with Crippen LogP contribution in [-0.4, -0.2) is 135 Å². The van der Waals surface area contributed by atoms with Crippen molar-refractivity contribution < 1.29 is 114 Å². The molecule has 0 saturated carbocycles. The predicted molar refractivity (Wildman–Crippen MR) is 573 cm³/mol. The van der Waals surface area contributed by atoms with E-state index in [1.54, 1.807) is 169 Å². The molecule has 0 radical (unpaired) electrons. The Balaban J connectivity index is 0.000000175. The Hall–Kier alpha value is -11.0. The molecule has 11 aromatic carbocycles. The molecule has 4 heterocycles. The molecule has 0 unspecified atom stereocenters. The number of phenolic OH excluding ortho intramolecular Hbond substituents is 1. The molecule has 0 bridgehead atoms. The van der Waals surface area contributed by atoms with Crippen LogP contribution >= 0.6 is 50.7 Å². The third-order valence-electron chi connectivity index (χ3n) is 25.6. The summed E-state index contributed by atoms with van der Waals surface area (Å²) in [7, 11) is -12.6. The average molecular weight is 2220 g/mol. The van der Waals surface area contributed by atoms with E-state index in [1.165, 1.54) is 63.5 Å². The number of hydrogen-bond acceptors (Lipinski definition) is 19. The van der Waals surface area contributed by atoms with E-state index >= 15 is 13.2 Å². The largest absolute Gasteiger partial charge is 0.507 e. The minimum atomic E-state index is -3.87. The van der Waals surface area contributed by atoms with E-state index < -0.39 is 134 Å². The molecule has 0 aliphatic carbocycles. The molecule has 0 spiro atoms. The summed E-state index contributed by atoms with van der Waals surface area (Å²) in [6, 6.07) is 33.5. The standard InChI is InChI=1S/C30H33ClFNO5S.C29H31ClFNO5S.C28H29ClFNO6S.C23H27BrFNO5S/c1-16-14-20(31)12-13-21(16)23-17(2)24-26-19(10-9-11-22(26)32)15-33(39(8,35)36)27(24)18(3)25(23)28(29(34)37-7)38-30(4,5)6;1-15-13-19(30)11-12-20(15)22-16(2)23-25-18(9-8-10-21(25)31)14-32(38(7,35)36)26(23)17(3)24(22)27(28(33)34)37-29(4,5)6;1-14-21(18-11-10-17(29)12-20(18)32)23(26(27(33)34)37-28(3,4)5)15(2)25-22(14)24-16(8-7-9-19(24)30)13-31(25)38(6,35)36;1-12-16-18-14(9-8-10-15(18)25)11-26(32(7,28)29)20(16)13(2)17(19(12)24)21(22(27)30-6)31-23(3,4)5/h9-14,28H,15H2,1-8H3;8-13,27H,14H2,1-7H3,(H,33,34);7-12,26,32H,13H2,1-6H3,(H,33,34);8-10,21H,11H2,1-7H3/t28-;27-;26-;21-/m0000/s1. The molecular formula is C110H120BrCl3F4N4O21S4. The van der Waals surface area contributed by atoms with E-state index in [9.17, 15) is 72.6 Å². The minimum absolute atomic E-state index is 0.0106. The maximum Gasteiger partial charge on any atom is 0.339 e. The number of benzene rings is 11. The summed E-state index contributed by atoms with van der Waals surface area (Å²) in [6.07, 6.45) is -0.881. The van der Waals surface area contributed by atoms with Gasteiger partial charge in [0.1, 0.15) is 29.0 Å². The van der Waals surface area contributed by atoms with Gasteiger partial charge in [-0.2, -0.15) is 0 Å². The number of hydrogen-bond donors (Lipinski definition) is 3. The van der Waals surface area contributed by atoms with Gasteiger partial charge >= 0.3 is 23.9 Å². The summed E-state index contributed by atoms with van der Waals surface area (Å²) >= 11 is 22.2. The zero-order valence-corrected chi connectivity index (χ0v) is 94.0. The topological polar surface area (TPSA) is 334 Å². The van der Waals surface area contributed by atoms with E-state index in [0.717, 1.165) is 46.0 Å². The molecule has 0 aromatic heterocycles. The molecule has 4 aliphatic heterocycles. The first-order valence-electron chi connectivity index (χ1n) is 46.5. The number of carboxylic acids is 2. The molecule has 4 aliphatic rings. The molecule has 0 fully saturated rings. The van der Waals surface area contributed by atoms with Gasteiger partial charge in [-0.15, -0.1) is 0 Å². The van der Waals surface area contributed by atoms with Crippen LogP contribution in [0, 0.1) is 92.5 Å². The van der Waals surface area contributed by atoms with Gasteiger partial charge < -0.3 is 43.7 Å². The fourth-order valence-corrected chi connectivity index (χ4v) is 24.9. The predicted octanol–water partition coefficient (Wildman–Crippen LogP) is 25.5. The number of ether oxygens (including phenoxy) is 6. The second-order valence-electron chi connectivity index (χ2n) is 40.9. The second-order valence-corrected chi connectivity index (χ2v) is 50.6. The number of carboxylic acid groups (broad SMARTS) is 2. The van der Waals surface area contributed by atoms with Gasteiger partial charge in [-0.1, -0.05) is 111 Å². The van der Waals surface area contributed by atoms with Crippen molar-refractivity contribution in [2.24, 2.45) is 0 Å². The van der Waals surface area contributed by atoms with E-state index in [1.807, 2.05) is 74.4 Å². The fourth-order valence-electron chi connectivity index (χ4n) is 19.9. The number of methoxy groups -OCH3 is 2. The number of esters is 2. The first-order valence-corrected chi connectivity index (χ1v) is 55.8.